The highest BCUT2D eigenvalue weighted by molar-refractivity contribution is 5.42. The van der Waals surface area contributed by atoms with Crippen LogP contribution in [-0.4, -0.2) is 51.3 Å². The maximum atomic E-state index is 12.4. The molecule has 2 aromatic heterocycles. The van der Waals surface area contributed by atoms with Gasteiger partial charge in [-0.2, -0.15) is 5.10 Å². The van der Waals surface area contributed by atoms with Crippen molar-refractivity contribution in [2.24, 2.45) is 5.92 Å². The Morgan fingerprint density at radius 1 is 1.07 bits per heavy atom. The predicted molar refractivity (Wildman–Crippen MR) is 107 cm³/mol. The summed E-state index contributed by atoms with van der Waals surface area (Å²) in [5.74, 6) is 2.04. The Kier molecular flexibility index (Phi) is 4.62. The second kappa shape index (κ2) is 7.28. The van der Waals surface area contributed by atoms with Crippen molar-refractivity contribution in [3.63, 3.8) is 0 Å². The van der Waals surface area contributed by atoms with Crippen LogP contribution >= 0.6 is 0 Å². The zero-order chi connectivity index (χ0) is 19.1. The number of nitrogens with zero attached hydrogens (tertiary/aromatic N) is 6. The van der Waals surface area contributed by atoms with Gasteiger partial charge in [-0.15, -0.1) is 5.10 Å². The molecule has 1 saturated heterocycles. The summed E-state index contributed by atoms with van der Waals surface area (Å²) in [6.07, 6.45) is 7.23. The van der Waals surface area contributed by atoms with Crippen molar-refractivity contribution in [1.29, 1.82) is 0 Å². The molecule has 1 saturated carbocycles. The van der Waals surface area contributed by atoms with Gasteiger partial charge < -0.3 is 9.80 Å². The van der Waals surface area contributed by atoms with E-state index in [2.05, 4.69) is 38.1 Å². The number of piperidine rings is 1. The first kappa shape index (κ1) is 17.8. The third-order valence-electron chi connectivity index (χ3n) is 6.41. The van der Waals surface area contributed by atoms with Gasteiger partial charge >= 0.3 is 0 Å². The number of anilines is 1. The number of rotatable bonds is 4. The molecule has 5 rings (SSSR count). The summed E-state index contributed by atoms with van der Waals surface area (Å²) in [6, 6.07) is 3.97. The van der Waals surface area contributed by atoms with Gasteiger partial charge in [0.25, 0.3) is 5.56 Å². The normalized spacial score (nSPS) is 21.0. The summed E-state index contributed by atoms with van der Waals surface area (Å²) in [5, 5.41) is 8.97. The number of fused-ring (bicyclic) bond motifs is 1. The zero-order valence-electron chi connectivity index (χ0n) is 16.5. The molecule has 7 heteroatoms. The van der Waals surface area contributed by atoms with Gasteiger partial charge in [-0.1, -0.05) is 0 Å². The van der Waals surface area contributed by atoms with Crippen LogP contribution in [0.5, 0.6) is 0 Å². The minimum atomic E-state index is 0.101. The van der Waals surface area contributed by atoms with Gasteiger partial charge in [0.2, 0.25) is 0 Å². The number of aromatic nitrogens is 4. The molecule has 0 radical (unpaired) electrons. The standard InChI is InChI=1S/C21H28N6O/c1-25-7-6-18-17(13-25)10-20(24-23-18)26-8-4-15(5-9-26)12-27-14-22-19(11-21(27)28)16-2-3-16/h10-11,14-16H,2-9,12-13H2,1H3. The van der Waals surface area contributed by atoms with E-state index in [-0.39, 0.29) is 5.56 Å². The molecule has 0 aromatic carbocycles. The highest BCUT2D eigenvalue weighted by atomic mass is 16.1. The van der Waals surface area contributed by atoms with E-state index in [0.29, 0.717) is 11.8 Å². The molecule has 4 heterocycles. The fourth-order valence-corrected chi connectivity index (χ4v) is 4.41. The summed E-state index contributed by atoms with van der Waals surface area (Å²) < 4.78 is 1.79. The van der Waals surface area contributed by atoms with Crippen molar-refractivity contribution < 1.29 is 0 Å². The van der Waals surface area contributed by atoms with Crippen molar-refractivity contribution >= 4 is 5.82 Å². The van der Waals surface area contributed by atoms with E-state index in [1.54, 1.807) is 17.0 Å². The molecule has 0 unspecified atom stereocenters. The quantitative estimate of drug-likeness (QED) is 0.806. The lowest BCUT2D eigenvalue weighted by molar-refractivity contribution is 0.308. The van der Waals surface area contributed by atoms with Gasteiger partial charge in [0.05, 0.1) is 17.7 Å². The van der Waals surface area contributed by atoms with E-state index in [4.69, 9.17) is 0 Å². The van der Waals surface area contributed by atoms with Gasteiger partial charge in [0.15, 0.2) is 5.82 Å². The van der Waals surface area contributed by atoms with Gasteiger partial charge in [-0.05, 0) is 50.3 Å². The molecular weight excluding hydrogens is 352 g/mol. The Bertz CT molecular complexity index is 913. The summed E-state index contributed by atoms with van der Waals surface area (Å²) >= 11 is 0. The topological polar surface area (TPSA) is 67.2 Å². The third-order valence-corrected chi connectivity index (χ3v) is 6.41. The Morgan fingerprint density at radius 3 is 2.64 bits per heavy atom. The molecule has 28 heavy (non-hydrogen) atoms. The molecular formula is C21H28N6O. The van der Waals surface area contributed by atoms with Gasteiger partial charge in [-0.25, -0.2) is 4.98 Å². The summed E-state index contributed by atoms with van der Waals surface area (Å²) in [6.45, 7) is 4.72. The van der Waals surface area contributed by atoms with E-state index in [0.717, 1.165) is 69.2 Å². The smallest absolute Gasteiger partial charge is 0.253 e. The highest BCUT2D eigenvalue weighted by Crippen LogP contribution is 2.38. The van der Waals surface area contributed by atoms with Crippen LogP contribution in [-0.2, 0) is 19.5 Å². The van der Waals surface area contributed by atoms with Crippen molar-refractivity contribution in [1.82, 2.24) is 24.6 Å². The lowest BCUT2D eigenvalue weighted by Gasteiger charge is -2.33. The molecule has 148 valence electrons. The van der Waals surface area contributed by atoms with Crippen LogP contribution < -0.4 is 10.5 Å². The van der Waals surface area contributed by atoms with E-state index >= 15 is 0 Å². The van der Waals surface area contributed by atoms with Gasteiger partial charge in [0.1, 0.15) is 0 Å². The fraction of sp³-hybridized carbons (Fsp3) is 0.619. The zero-order valence-corrected chi connectivity index (χ0v) is 16.5. The summed E-state index contributed by atoms with van der Waals surface area (Å²) in [4.78, 5) is 21.6. The average molecular weight is 380 g/mol. The first-order valence-electron chi connectivity index (χ1n) is 10.5. The molecule has 0 bridgehead atoms. The maximum absolute atomic E-state index is 12.4. The Hall–Kier alpha value is -2.28. The second-order valence-electron chi connectivity index (χ2n) is 8.67. The lowest BCUT2D eigenvalue weighted by atomic mass is 9.96. The van der Waals surface area contributed by atoms with Crippen molar-refractivity contribution in [2.45, 2.75) is 51.1 Å². The van der Waals surface area contributed by atoms with E-state index in [1.807, 2.05) is 0 Å². The van der Waals surface area contributed by atoms with Crippen molar-refractivity contribution in [2.75, 3.05) is 31.6 Å². The molecule has 2 aliphatic heterocycles. The molecule has 1 aliphatic carbocycles. The largest absolute Gasteiger partial charge is 0.355 e. The second-order valence-corrected chi connectivity index (χ2v) is 8.67. The van der Waals surface area contributed by atoms with Crippen LogP contribution in [0.2, 0.25) is 0 Å². The van der Waals surface area contributed by atoms with Crippen molar-refractivity contribution in [3.8, 4) is 0 Å². The van der Waals surface area contributed by atoms with E-state index < -0.39 is 0 Å². The van der Waals surface area contributed by atoms with Crippen LogP contribution in [0.1, 0.15) is 48.6 Å². The maximum Gasteiger partial charge on any atom is 0.253 e. The van der Waals surface area contributed by atoms with Crippen LogP contribution in [0.15, 0.2) is 23.3 Å². The molecule has 2 aromatic rings. The van der Waals surface area contributed by atoms with E-state index in [1.165, 1.54) is 18.4 Å². The van der Waals surface area contributed by atoms with Crippen LogP contribution in [0.25, 0.3) is 0 Å². The average Bonchev–Trinajstić information content (AvgIpc) is 3.55. The molecule has 0 amide bonds. The lowest BCUT2D eigenvalue weighted by Crippen LogP contribution is -2.37. The monoisotopic (exact) mass is 380 g/mol. The fourth-order valence-electron chi connectivity index (χ4n) is 4.41. The molecule has 0 N–H and O–H groups in total. The molecule has 3 aliphatic rings. The summed E-state index contributed by atoms with van der Waals surface area (Å²) in [5.41, 5.74) is 3.55. The number of hydrogen-bond acceptors (Lipinski definition) is 6. The van der Waals surface area contributed by atoms with Gasteiger partial charge in [0, 0.05) is 51.1 Å². The Morgan fingerprint density at radius 2 is 1.89 bits per heavy atom. The minimum absolute atomic E-state index is 0.101. The van der Waals surface area contributed by atoms with E-state index in [9.17, 15) is 4.79 Å². The van der Waals surface area contributed by atoms with Gasteiger partial charge in [-0.3, -0.25) is 9.36 Å². The van der Waals surface area contributed by atoms with Crippen LogP contribution in [0.3, 0.4) is 0 Å². The SMILES string of the molecule is CN1CCc2nnc(N3CCC(Cn4cnc(C5CC5)cc4=O)CC3)cc2C1. The number of hydrogen-bond donors (Lipinski definition) is 0. The summed E-state index contributed by atoms with van der Waals surface area (Å²) in [7, 11) is 2.16. The minimum Gasteiger partial charge on any atom is -0.355 e. The highest BCUT2D eigenvalue weighted by Gasteiger charge is 2.26. The van der Waals surface area contributed by atoms with Crippen LogP contribution in [0.4, 0.5) is 5.82 Å². The molecule has 7 nitrogen and oxygen atoms in total. The van der Waals surface area contributed by atoms with Crippen LogP contribution in [0, 0.1) is 5.92 Å². The molecule has 2 fully saturated rings. The Balaban J connectivity index is 1.21. The Labute approximate surface area is 165 Å². The number of likely N-dealkylation sites (N-methyl/N-ethyl adjacent to an activating group) is 1. The first-order valence-corrected chi connectivity index (χ1v) is 10.5. The third kappa shape index (κ3) is 3.68. The molecule has 0 spiro atoms. The predicted octanol–water partition coefficient (Wildman–Crippen LogP) is 1.82. The molecule has 0 atom stereocenters. The first-order chi connectivity index (χ1) is 13.7. The van der Waals surface area contributed by atoms with Crippen molar-refractivity contribution in [3.05, 3.63) is 45.8 Å².